The van der Waals surface area contributed by atoms with Gasteiger partial charge in [0.05, 0.1) is 17.6 Å². The van der Waals surface area contributed by atoms with Gasteiger partial charge >= 0.3 is 6.09 Å². The Morgan fingerprint density at radius 2 is 1.93 bits per heavy atom. The topological polar surface area (TPSA) is 93.1 Å². The number of benzene rings is 1. The lowest BCUT2D eigenvalue weighted by Gasteiger charge is -2.25. The van der Waals surface area contributed by atoms with Gasteiger partial charge in [-0.3, -0.25) is 4.18 Å². The van der Waals surface area contributed by atoms with E-state index in [1.54, 1.807) is 37.8 Å². The van der Waals surface area contributed by atoms with Crippen molar-refractivity contribution in [1.82, 2.24) is 4.90 Å². The smallest absolute Gasteiger partial charge is 0.410 e. The first-order chi connectivity index (χ1) is 12.5. The molecule has 2 atom stereocenters. The Labute approximate surface area is 161 Å². The van der Waals surface area contributed by atoms with Crippen LogP contribution in [0.4, 0.5) is 4.79 Å². The highest BCUT2D eigenvalue weighted by atomic mass is 32.2. The third-order valence-electron chi connectivity index (χ3n) is 4.38. The maximum atomic E-state index is 12.1. The maximum absolute atomic E-state index is 12.1. The van der Waals surface area contributed by atoms with Gasteiger partial charge in [-0.1, -0.05) is 17.7 Å². The second-order valence-electron chi connectivity index (χ2n) is 7.92. The predicted octanol–water partition coefficient (Wildman–Crippen LogP) is 2.71. The second kappa shape index (κ2) is 8.58. The van der Waals surface area contributed by atoms with Crippen LogP contribution in [0.25, 0.3) is 0 Å². The van der Waals surface area contributed by atoms with Gasteiger partial charge in [0.15, 0.2) is 0 Å². The minimum absolute atomic E-state index is 0.0968. The molecule has 0 aliphatic carbocycles. The highest BCUT2D eigenvalue weighted by Crippen LogP contribution is 2.24. The number of rotatable bonds is 6. The lowest BCUT2D eigenvalue weighted by Crippen LogP contribution is -2.36. The van der Waals surface area contributed by atoms with Crippen molar-refractivity contribution in [3.63, 3.8) is 0 Å². The number of aliphatic hydroxyl groups excluding tert-OH is 1. The van der Waals surface area contributed by atoms with E-state index < -0.39 is 27.9 Å². The fourth-order valence-electron chi connectivity index (χ4n) is 2.88. The van der Waals surface area contributed by atoms with E-state index in [4.69, 9.17) is 8.92 Å². The van der Waals surface area contributed by atoms with Crippen molar-refractivity contribution in [3.05, 3.63) is 29.8 Å². The largest absolute Gasteiger partial charge is 0.444 e. The molecule has 1 saturated heterocycles. The molecule has 1 amide bonds. The molecule has 2 rings (SSSR count). The molecule has 1 aliphatic heterocycles. The van der Waals surface area contributed by atoms with E-state index in [0.29, 0.717) is 19.5 Å². The monoisotopic (exact) mass is 399 g/mol. The summed E-state index contributed by atoms with van der Waals surface area (Å²) >= 11 is 0. The van der Waals surface area contributed by atoms with Gasteiger partial charge in [-0.05, 0) is 52.7 Å². The number of ether oxygens (including phenoxy) is 1. The van der Waals surface area contributed by atoms with Gasteiger partial charge in [0.1, 0.15) is 5.60 Å². The van der Waals surface area contributed by atoms with Gasteiger partial charge in [-0.25, -0.2) is 4.79 Å². The molecular formula is C19H29NO6S. The Balaban J connectivity index is 1.80. The van der Waals surface area contributed by atoms with Crippen LogP contribution in [0, 0.1) is 12.8 Å². The molecule has 8 heteroatoms. The van der Waals surface area contributed by atoms with E-state index in [1.807, 2.05) is 6.92 Å². The van der Waals surface area contributed by atoms with Crippen LogP contribution in [0.15, 0.2) is 29.2 Å². The van der Waals surface area contributed by atoms with Crippen LogP contribution in [0.3, 0.4) is 0 Å². The van der Waals surface area contributed by atoms with E-state index in [2.05, 4.69) is 0 Å². The Morgan fingerprint density at radius 1 is 1.30 bits per heavy atom. The van der Waals surface area contributed by atoms with Gasteiger partial charge < -0.3 is 14.7 Å². The Hall–Kier alpha value is -1.64. The molecule has 0 spiro atoms. The standard InChI is InChI=1S/C19H29NO6S/c1-14-5-7-16(8-6-14)27(23,24)25-12-10-17(21)15-9-11-20(13-15)18(22)26-19(2,3)4/h5-8,15,17,21H,9-13H2,1-4H3/t15-,17-/m0/s1. The lowest BCUT2D eigenvalue weighted by molar-refractivity contribution is 0.0263. The predicted molar refractivity (Wildman–Crippen MR) is 101 cm³/mol. The van der Waals surface area contributed by atoms with E-state index in [-0.39, 0.29) is 23.8 Å². The minimum atomic E-state index is -3.84. The Kier molecular flexibility index (Phi) is 6.88. The molecule has 0 aromatic heterocycles. The Bertz CT molecular complexity index is 738. The molecule has 27 heavy (non-hydrogen) atoms. The second-order valence-corrected chi connectivity index (χ2v) is 9.54. The molecule has 1 aliphatic rings. The zero-order valence-electron chi connectivity index (χ0n) is 16.3. The van der Waals surface area contributed by atoms with Crippen molar-refractivity contribution in [3.8, 4) is 0 Å². The van der Waals surface area contributed by atoms with Crippen LogP contribution in [-0.4, -0.2) is 55.9 Å². The summed E-state index contributed by atoms with van der Waals surface area (Å²) < 4.78 is 34.7. The van der Waals surface area contributed by atoms with Crippen LogP contribution >= 0.6 is 0 Å². The van der Waals surface area contributed by atoms with E-state index in [0.717, 1.165) is 5.56 Å². The van der Waals surface area contributed by atoms with Crippen molar-refractivity contribution >= 4 is 16.2 Å². The summed E-state index contributed by atoms with van der Waals surface area (Å²) in [7, 11) is -3.84. The summed E-state index contributed by atoms with van der Waals surface area (Å²) in [5.41, 5.74) is 0.395. The number of amides is 1. The number of aryl methyl sites for hydroxylation is 1. The van der Waals surface area contributed by atoms with E-state index in [1.165, 1.54) is 12.1 Å². The Morgan fingerprint density at radius 3 is 2.52 bits per heavy atom. The van der Waals surface area contributed by atoms with Crippen molar-refractivity contribution in [2.24, 2.45) is 5.92 Å². The summed E-state index contributed by atoms with van der Waals surface area (Å²) in [5, 5.41) is 10.3. The van der Waals surface area contributed by atoms with Crippen LogP contribution in [0.1, 0.15) is 39.2 Å². The molecule has 1 heterocycles. The highest BCUT2D eigenvalue weighted by Gasteiger charge is 2.33. The van der Waals surface area contributed by atoms with Gasteiger partial charge in [0.2, 0.25) is 0 Å². The number of nitrogens with zero attached hydrogens (tertiary/aromatic N) is 1. The fourth-order valence-corrected chi connectivity index (χ4v) is 3.80. The number of likely N-dealkylation sites (tertiary alicyclic amines) is 1. The van der Waals surface area contributed by atoms with Crippen LogP contribution in [-0.2, 0) is 19.0 Å². The molecular weight excluding hydrogens is 370 g/mol. The SMILES string of the molecule is Cc1ccc(S(=O)(=O)OCC[C@H](O)[C@H]2CCN(C(=O)OC(C)(C)C)C2)cc1. The van der Waals surface area contributed by atoms with Crippen LogP contribution in [0.5, 0.6) is 0 Å². The van der Waals surface area contributed by atoms with Gasteiger partial charge in [-0.2, -0.15) is 8.42 Å². The summed E-state index contributed by atoms with van der Waals surface area (Å²) in [4.78, 5) is 13.7. The molecule has 0 radical (unpaired) electrons. The fraction of sp³-hybridized carbons (Fsp3) is 0.632. The average molecular weight is 400 g/mol. The lowest BCUT2D eigenvalue weighted by atomic mass is 9.99. The average Bonchev–Trinajstić information content (AvgIpc) is 3.03. The summed E-state index contributed by atoms with van der Waals surface area (Å²) in [6.07, 6.45) is -0.315. The van der Waals surface area contributed by atoms with Crippen LogP contribution in [0.2, 0.25) is 0 Å². The van der Waals surface area contributed by atoms with Crippen LogP contribution < -0.4 is 0 Å². The molecule has 0 saturated carbocycles. The maximum Gasteiger partial charge on any atom is 0.410 e. The number of hydrogen-bond donors (Lipinski definition) is 1. The van der Waals surface area contributed by atoms with Crippen molar-refractivity contribution in [2.45, 2.75) is 57.1 Å². The quantitative estimate of drug-likeness (QED) is 0.740. The molecule has 0 unspecified atom stereocenters. The number of carbonyl (C=O) groups is 1. The molecule has 1 aromatic carbocycles. The van der Waals surface area contributed by atoms with E-state index >= 15 is 0 Å². The normalized spacial score (nSPS) is 19.1. The zero-order chi connectivity index (χ0) is 20.2. The molecule has 1 N–H and O–H groups in total. The first kappa shape index (κ1) is 21.7. The molecule has 1 fully saturated rings. The molecule has 152 valence electrons. The van der Waals surface area contributed by atoms with Gasteiger partial charge in [0.25, 0.3) is 10.1 Å². The summed E-state index contributed by atoms with van der Waals surface area (Å²) in [6.45, 7) is 8.08. The minimum Gasteiger partial charge on any atom is -0.444 e. The van der Waals surface area contributed by atoms with Crippen molar-refractivity contribution < 1.29 is 27.2 Å². The number of aliphatic hydroxyl groups is 1. The summed E-state index contributed by atoms with van der Waals surface area (Å²) in [6, 6.07) is 6.40. The number of hydrogen-bond acceptors (Lipinski definition) is 6. The van der Waals surface area contributed by atoms with Gasteiger partial charge in [-0.15, -0.1) is 0 Å². The van der Waals surface area contributed by atoms with Crippen molar-refractivity contribution in [2.75, 3.05) is 19.7 Å². The zero-order valence-corrected chi connectivity index (χ0v) is 17.2. The van der Waals surface area contributed by atoms with E-state index in [9.17, 15) is 18.3 Å². The van der Waals surface area contributed by atoms with Gasteiger partial charge in [0, 0.05) is 19.0 Å². The number of carbonyl (C=O) groups excluding carboxylic acids is 1. The molecule has 7 nitrogen and oxygen atoms in total. The summed E-state index contributed by atoms with van der Waals surface area (Å²) in [5.74, 6) is -0.122. The molecule has 1 aromatic rings. The first-order valence-corrected chi connectivity index (χ1v) is 10.5. The molecule has 0 bridgehead atoms. The first-order valence-electron chi connectivity index (χ1n) is 9.10. The highest BCUT2D eigenvalue weighted by molar-refractivity contribution is 7.86. The van der Waals surface area contributed by atoms with Crippen molar-refractivity contribution in [1.29, 1.82) is 0 Å². The third-order valence-corrected chi connectivity index (χ3v) is 5.71. The third kappa shape index (κ3) is 6.48.